The molecule has 6 heteroatoms. The molecule has 27 heavy (non-hydrogen) atoms. The first-order valence-electron chi connectivity index (χ1n) is 10.0. The molecule has 3 aliphatic rings. The van der Waals surface area contributed by atoms with Gasteiger partial charge in [-0.15, -0.1) is 11.3 Å². The van der Waals surface area contributed by atoms with E-state index in [0.717, 1.165) is 34.2 Å². The van der Waals surface area contributed by atoms with E-state index in [0.29, 0.717) is 18.1 Å². The minimum absolute atomic E-state index is 0.164. The predicted octanol–water partition coefficient (Wildman–Crippen LogP) is 3.65. The van der Waals surface area contributed by atoms with E-state index in [2.05, 4.69) is 27.1 Å². The summed E-state index contributed by atoms with van der Waals surface area (Å²) in [4.78, 5) is 25.6. The number of piperidine rings is 1. The van der Waals surface area contributed by atoms with Gasteiger partial charge in [-0.2, -0.15) is 0 Å². The molecule has 3 fully saturated rings. The van der Waals surface area contributed by atoms with Gasteiger partial charge in [0.05, 0.1) is 11.4 Å². The van der Waals surface area contributed by atoms with Crippen molar-refractivity contribution in [1.82, 2.24) is 20.2 Å². The first kappa shape index (κ1) is 17.3. The summed E-state index contributed by atoms with van der Waals surface area (Å²) < 4.78 is 0. The zero-order valence-corrected chi connectivity index (χ0v) is 16.8. The van der Waals surface area contributed by atoms with Crippen LogP contribution in [0.15, 0.2) is 24.4 Å². The number of amides is 1. The highest BCUT2D eigenvalue weighted by molar-refractivity contribution is 7.17. The second-order valence-electron chi connectivity index (χ2n) is 8.53. The Morgan fingerprint density at radius 3 is 3.00 bits per heavy atom. The lowest BCUT2D eigenvalue weighted by Crippen LogP contribution is -2.55. The molecule has 5 rings (SSSR count). The van der Waals surface area contributed by atoms with Crippen molar-refractivity contribution in [2.75, 3.05) is 6.54 Å². The van der Waals surface area contributed by atoms with Crippen molar-refractivity contribution in [3.8, 4) is 10.7 Å². The van der Waals surface area contributed by atoms with Crippen molar-refractivity contribution in [2.45, 2.75) is 64.1 Å². The van der Waals surface area contributed by atoms with Crippen molar-refractivity contribution in [3.63, 3.8) is 0 Å². The third kappa shape index (κ3) is 2.72. The van der Waals surface area contributed by atoms with E-state index in [1.165, 1.54) is 37.0 Å². The van der Waals surface area contributed by atoms with E-state index in [1.54, 1.807) is 6.20 Å². The molecule has 2 bridgehead atoms. The first-order chi connectivity index (χ1) is 13.1. The summed E-state index contributed by atoms with van der Waals surface area (Å²) in [5, 5.41) is 4.66. The molecule has 2 aliphatic heterocycles. The molecule has 5 nitrogen and oxygen atoms in total. The van der Waals surface area contributed by atoms with Crippen molar-refractivity contribution in [1.29, 1.82) is 0 Å². The minimum atomic E-state index is 0.164. The van der Waals surface area contributed by atoms with Gasteiger partial charge in [0.25, 0.3) is 5.91 Å². The minimum Gasteiger partial charge on any atom is -0.333 e. The van der Waals surface area contributed by atoms with Crippen LogP contribution in [-0.4, -0.2) is 45.4 Å². The molecule has 2 aromatic rings. The van der Waals surface area contributed by atoms with Crippen LogP contribution in [0.4, 0.5) is 0 Å². The second-order valence-corrected chi connectivity index (χ2v) is 9.53. The zero-order chi connectivity index (χ0) is 18.6. The van der Waals surface area contributed by atoms with Gasteiger partial charge in [-0.1, -0.05) is 25.8 Å². The van der Waals surface area contributed by atoms with Crippen LogP contribution in [0.2, 0.25) is 0 Å². The number of hydrogen-bond acceptors (Lipinski definition) is 5. The maximum absolute atomic E-state index is 13.6. The molecule has 4 heterocycles. The number of likely N-dealkylation sites (tertiary alicyclic amines) is 1. The van der Waals surface area contributed by atoms with Gasteiger partial charge < -0.3 is 10.2 Å². The van der Waals surface area contributed by atoms with Gasteiger partial charge in [0.15, 0.2) is 0 Å². The van der Waals surface area contributed by atoms with Gasteiger partial charge >= 0.3 is 0 Å². The lowest BCUT2D eigenvalue weighted by Gasteiger charge is -2.46. The van der Waals surface area contributed by atoms with Gasteiger partial charge in [0.1, 0.15) is 9.88 Å². The van der Waals surface area contributed by atoms with Gasteiger partial charge in [-0.25, -0.2) is 4.98 Å². The van der Waals surface area contributed by atoms with Crippen molar-refractivity contribution < 1.29 is 4.79 Å². The second kappa shape index (κ2) is 6.38. The monoisotopic (exact) mass is 382 g/mol. The summed E-state index contributed by atoms with van der Waals surface area (Å²) in [6.07, 6.45) is 7.82. The number of nitrogens with one attached hydrogen (secondary N) is 1. The number of hydrogen-bond donors (Lipinski definition) is 1. The summed E-state index contributed by atoms with van der Waals surface area (Å²) in [6.45, 7) is 5.18. The van der Waals surface area contributed by atoms with Crippen LogP contribution in [-0.2, 0) is 0 Å². The van der Waals surface area contributed by atoms with Crippen LogP contribution in [0, 0.1) is 12.3 Å². The average Bonchev–Trinajstić information content (AvgIpc) is 3.13. The molecular formula is C21H26N4OS. The maximum atomic E-state index is 13.6. The molecule has 4 atom stereocenters. The molecular weight excluding hydrogens is 356 g/mol. The molecule has 1 aliphatic carbocycles. The highest BCUT2D eigenvalue weighted by atomic mass is 32.1. The molecule has 0 radical (unpaired) electrons. The third-order valence-electron chi connectivity index (χ3n) is 6.83. The van der Waals surface area contributed by atoms with Crippen LogP contribution >= 0.6 is 11.3 Å². The quantitative estimate of drug-likeness (QED) is 0.861. The summed E-state index contributed by atoms with van der Waals surface area (Å²) in [5.41, 5.74) is 1.87. The summed E-state index contributed by atoms with van der Waals surface area (Å²) in [5.74, 6) is 0.164. The van der Waals surface area contributed by atoms with Gasteiger partial charge in [-0.05, 0) is 38.3 Å². The largest absolute Gasteiger partial charge is 0.333 e. The van der Waals surface area contributed by atoms with Gasteiger partial charge in [0.2, 0.25) is 0 Å². The van der Waals surface area contributed by atoms with Crippen LogP contribution in [0.5, 0.6) is 0 Å². The molecule has 2 aromatic heterocycles. The fourth-order valence-electron chi connectivity index (χ4n) is 5.55. The van der Waals surface area contributed by atoms with E-state index >= 15 is 0 Å². The molecule has 1 saturated carbocycles. The van der Waals surface area contributed by atoms with Crippen LogP contribution in [0.1, 0.15) is 54.4 Å². The first-order valence-corrected chi connectivity index (χ1v) is 10.8. The lowest BCUT2D eigenvalue weighted by atomic mass is 9.71. The number of pyridine rings is 1. The fraction of sp³-hybridized carbons (Fsp3) is 0.571. The number of aryl methyl sites for hydroxylation is 1. The Labute approximate surface area is 164 Å². The molecule has 1 amide bonds. The summed E-state index contributed by atoms with van der Waals surface area (Å²) in [6, 6.07) is 7.13. The van der Waals surface area contributed by atoms with E-state index in [4.69, 9.17) is 0 Å². The number of rotatable bonds is 2. The third-order valence-corrected chi connectivity index (χ3v) is 8.00. The molecule has 0 aromatic carbocycles. The van der Waals surface area contributed by atoms with E-state index < -0.39 is 0 Å². The maximum Gasteiger partial charge on any atom is 0.266 e. The fourth-order valence-corrected chi connectivity index (χ4v) is 6.55. The normalized spacial score (nSPS) is 32.4. The highest BCUT2D eigenvalue weighted by Gasteiger charge is 2.56. The zero-order valence-electron chi connectivity index (χ0n) is 15.9. The highest BCUT2D eigenvalue weighted by Crippen LogP contribution is 2.49. The number of thiazole rings is 1. The Hall–Kier alpha value is -1.79. The summed E-state index contributed by atoms with van der Waals surface area (Å²) >= 11 is 1.49. The number of fused-ring (bicyclic) bond motifs is 1. The lowest BCUT2D eigenvalue weighted by molar-refractivity contribution is 0.0287. The number of carbonyl (C=O) groups is 1. The Morgan fingerprint density at radius 2 is 2.19 bits per heavy atom. The Bertz CT molecular complexity index is 866. The smallest absolute Gasteiger partial charge is 0.266 e. The molecule has 2 saturated heterocycles. The topological polar surface area (TPSA) is 58.1 Å². The summed E-state index contributed by atoms with van der Waals surface area (Å²) in [7, 11) is 0. The Morgan fingerprint density at radius 1 is 1.33 bits per heavy atom. The molecule has 0 unspecified atom stereocenters. The number of carbonyl (C=O) groups excluding carboxylic acids is 1. The number of nitrogens with zero attached hydrogens (tertiary/aromatic N) is 3. The van der Waals surface area contributed by atoms with Crippen molar-refractivity contribution >= 4 is 17.2 Å². The van der Waals surface area contributed by atoms with Crippen LogP contribution in [0.3, 0.4) is 0 Å². The number of aromatic nitrogens is 2. The van der Waals surface area contributed by atoms with E-state index in [9.17, 15) is 4.79 Å². The van der Waals surface area contributed by atoms with Crippen LogP contribution < -0.4 is 5.32 Å². The van der Waals surface area contributed by atoms with E-state index in [-0.39, 0.29) is 11.3 Å². The van der Waals surface area contributed by atoms with Crippen molar-refractivity contribution in [2.24, 2.45) is 5.41 Å². The standard InChI is InChI=1S/C21H26N4OS/c1-13-18(27-19(23-13)15-7-5-6-10-22-15)20(26)25-12-14-11-21(2)16(24-14)8-3-4-9-17(21)25/h5-7,10,14,16-17,24H,3-4,8-9,11-12H2,1-2H3/t14-,16-,17+,21-/m0/s1. The van der Waals surface area contributed by atoms with Gasteiger partial charge in [0, 0.05) is 36.3 Å². The van der Waals surface area contributed by atoms with Crippen molar-refractivity contribution in [3.05, 3.63) is 35.0 Å². The van der Waals surface area contributed by atoms with Gasteiger partial charge in [-0.3, -0.25) is 9.78 Å². The Kier molecular flexibility index (Phi) is 4.09. The predicted molar refractivity (Wildman–Crippen MR) is 107 cm³/mol. The van der Waals surface area contributed by atoms with Crippen LogP contribution in [0.25, 0.3) is 10.7 Å². The SMILES string of the molecule is Cc1nc(-c2ccccn2)sc1C(=O)N1C[C@@H]2C[C@@]3(C)[C@H](CCCC[C@@H]13)N2. The molecule has 1 N–H and O–H groups in total. The average molecular weight is 383 g/mol. The Balaban J connectivity index is 1.48. The molecule has 142 valence electrons. The van der Waals surface area contributed by atoms with E-state index in [1.807, 2.05) is 25.1 Å². The molecule has 0 spiro atoms.